The first-order chi connectivity index (χ1) is 14.9. The Morgan fingerprint density at radius 3 is 2.41 bits per heavy atom. The van der Waals surface area contributed by atoms with Crippen LogP contribution in [-0.4, -0.2) is 44.0 Å². The maximum Gasteiger partial charge on any atom is 0.347 e. The molecule has 2 saturated carbocycles. The van der Waals surface area contributed by atoms with E-state index in [0.717, 1.165) is 32.1 Å². The van der Waals surface area contributed by atoms with Crippen molar-refractivity contribution in [1.29, 1.82) is 0 Å². The molecule has 3 aliphatic rings. The summed E-state index contributed by atoms with van der Waals surface area (Å²) < 4.78 is 22.0. The predicted molar refractivity (Wildman–Crippen MR) is 117 cm³/mol. The van der Waals surface area contributed by atoms with Gasteiger partial charge in [0.25, 0.3) is 0 Å². The molecule has 1 heterocycles. The third kappa shape index (κ3) is 4.45. The zero-order valence-electron chi connectivity index (χ0n) is 20.3. The van der Waals surface area contributed by atoms with Crippen LogP contribution in [0.1, 0.15) is 66.7 Å². The van der Waals surface area contributed by atoms with Crippen LogP contribution in [0.3, 0.4) is 0 Å². The van der Waals surface area contributed by atoms with Gasteiger partial charge in [0.1, 0.15) is 0 Å². The minimum Gasteiger partial charge on any atom is -0.466 e. The number of methoxy groups -OCH3 is 1. The number of esters is 3. The molecule has 7 nitrogen and oxygen atoms in total. The lowest BCUT2D eigenvalue weighted by atomic mass is 9.59. The maximum atomic E-state index is 12.7. The Morgan fingerprint density at radius 1 is 1.12 bits per heavy atom. The zero-order chi connectivity index (χ0) is 23.8. The minimum absolute atomic E-state index is 0.137. The highest BCUT2D eigenvalue weighted by Crippen LogP contribution is 2.64. The Morgan fingerprint density at radius 2 is 1.81 bits per heavy atom. The van der Waals surface area contributed by atoms with Gasteiger partial charge in [-0.1, -0.05) is 32.9 Å². The van der Waals surface area contributed by atoms with E-state index in [2.05, 4.69) is 27.4 Å². The molecule has 3 rings (SSSR count). The van der Waals surface area contributed by atoms with Gasteiger partial charge in [-0.15, -0.1) is 0 Å². The first kappa shape index (κ1) is 24.7. The van der Waals surface area contributed by atoms with Gasteiger partial charge in [-0.3, -0.25) is 9.59 Å². The Bertz CT molecular complexity index is 772. The molecular formula is C25H38O7. The number of carbonyl (C=O) groups excluding carboxylic acids is 3. The molecular weight excluding hydrogens is 412 g/mol. The van der Waals surface area contributed by atoms with E-state index < -0.39 is 36.2 Å². The van der Waals surface area contributed by atoms with Gasteiger partial charge in [0, 0.05) is 25.7 Å². The molecule has 3 fully saturated rings. The second kappa shape index (κ2) is 9.16. The number of hydrogen-bond donors (Lipinski definition) is 0. The van der Waals surface area contributed by atoms with Crippen LogP contribution in [0, 0.1) is 34.5 Å². The summed E-state index contributed by atoms with van der Waals surface area (Å²) >= 11 is 0. The lowest BCUT2D eigenvalue weighted by molar-refractivity contribution is -0.184. The molecule has 0 aromatic carbocycles. The molecule has 2 aliphatic carbocycles. The molecule has 32 heavy (non-hydrogen) atoms. The highest BCUT2D eigenvalue weighted by Gasteiger charge is 2.62. The van der Waals surface area contributed by atoms with E-state index in [4.69, 9.17) is 18.9 Å². The standard InChI is InChI=1S/C25H38O7/c1-14-9-8-11-24(4,5)18-10-12-25(6,19(14)18)20-17(13-30-23(20)32-16(3)27)21(22(28)29-7)31-15(2)26/h17-21,23H,1,8-13H2,2-7H3. The third-order valence-electron chi connectivity index (χ3n) is 8.24. The minimum atomic E-state index is -1.12. The van der Waals surface area contributed by atoms with Crippen LogP contribution < -0.4 is 0 Å². The monoisotopic (exact) mass is 450 g/mol. The lowest BCUT2D eigenvalue weighted by Crippen LogP contribution is -2.49. The maximum absolute atomic E-state index is 12.7. The van der Waals surface area contributed by atoms with Crippen LogP contribution >= 0.6 is 0 Å². The van der Waals surface area contributed by atoms with Gasteiger partial charge in [0.05, 0.1) is 13.7 Å². The van der Waals surface area contributed by atoms with E-state index >= 15 is 0 Å². The van der Waals surface area contributed by atoms with Gasteiger partial charge in [-0.2, -0.15) is 0 Å². The molecule has 1 saturated heterocycles. The van der Waals surface area contributed by atoms with Gasteiger partial charge in [-0.05, 0) is 54.8 Å². The number of carbonyl (C=O) groups is 3. The van der Waals surface area contributed by atoms with E-state index in [9.17, 15) is 14.4 Å². The summed E-state index contributed by atoms with van der Waals surface area (Å²) in [5, 5.41) is 0. The fourth-order valence-corrected chi connectivity index (χ4v) is 6.89. The van der Waals surface area contributed by atoms with Gasteiger partial charge < -0.3 is 18.9 Å². The number of hydrogen-bond acceptors (Lipinski definition) is 7. The predicted octanol–water partition coefficient (Wildman–Crippen LogP) is 4.04. The molecule has 0 aromatic rings. The molecule has 1 aliphatic heterocycles. The SMILES string of the molecule is C=C1CCCC(C)(C)C2CCC(C)(C3C(OC(C)=O)OCC3C(OC(C)=O)C(=O)OC)C12. The fourth-order valence-electron chi connectivity index (χ4n) is 6.89. The van der Waals surface area contributed by atoms with E-state index in [-0.39, 0.29) is 29.3 Å². The summed E-state index contributed by atoms with van der Waals surface area (Å²) in [4.78, 5) is 36.4. The molecule has 7 unspecified atom stereocenters. The van der Waals surface area contributed by atoms with Gasteiger partial charge in [0.2, 0.25) is 12.4 Å². The Labute approximate surface area is 191 Å². The van der Waals surface area contributed by atoms with E-state index in [0.29, 0.717) is 5.92 Å². The van der Waals surface area contributed by atoms with Crippen molar-refractivity contribution >= 4 is 17.9 Å². The average Bonchev–Trinajstić information content (AvgIpc) is 3.23. The van der Waals surface area contributed by atoms with E-state index in [1.165, 1.54) is 26.5 Å². The molecule has 0 amide bonds. The van der Waals surface area contributed by atoms with Gasteiger partial charge >= 0.3 is 17.9 Å². The van der Waals surface area contributed by atoms with Crippen LogP contribution in [-0.2, 0) is 33.3 Å². The Balaban J connectivity index is 2.07. The van der Waals surface area contributed by atoms with Crippen molar-refractivity contribution < 1.29 is 33.3 Å². The number of ether oxygens (including phenoxy) is 4. The van der Waals surface area contributed by atoms with Gasteiger partial charge in [0.15, 0.2) is 0 Å². The second-order valence-electron chi connectivity index (χ2n) is 10.7. The fraction of sp³-hybridized carbons (Fsp3) is 0.800. The van der Waals surface area contributed by atoms with Crippen molar-refractivity contribution in [2.45, 2.75) is 79.1 Å². The smallest absolute Gasteiger partial charge is 0.347 e. The van der Waals surface area contributed by atoms with E-state index in [1.807, 2.05) is 0 Å². The topological polar surface area (TPSA) is 88.1 Å². The first-order valence-electron chi connectivity index (χ1n) is 11.6. The molecule has 7 atom stereocenters. The van der Waals surface area contributed by atoms with Crippen molar-refractivity contribution in [2.75, 3.05) is 13.7 Å². The molecule has 7 heteroatoms. The van der Waals surface area contributed by atoms with E-state index in [1.54, 1.807) is 0 Å². The van der Waals surface area contributed by atoms with Crippen molar-refractivity contribution in [3.05, 3.63) is 12.2 Å². The van der Waals surface area contributed by atoms with Crippen LogP contribution in [0.15, 0.2) is 12.2 Å². The van der Waals surface area contributed by atoms with Crippen molar-refractivity contribution in [3.8, 4) is 0 Å². The summed E-state index contributed by atoms with van der Waals surface area (Å²) in [5.74, 6) is -1.82. The normalized spacial score (nSPS) is 37.2. The van der Waals surface area contributed by atoms with Crippen molar-refractivity contribution in [3.63, 3.8) is 0 Å². The number of fused-ring (bicyclic) bond motifs is 1. The summed E-state index contributed by atoms with van der Waals surface area (Å²) in [6.45, 7) is 14.1. The van der Waals surface area contributed by atoms with Crippen LogP contribution in [0.5, 0.6) is 0 Å². The molecule has 180 valence electrons. The highest BCUT2D eigenvalue weighted by atomic mass is 16.7. The molecule has 0 spiro atoms. The molecule has 0 radical (unpaired) electrons. The molecule has 0 N–H and O–H groups in total. The number of allylic oxidation sites excluding steroid dienone is 1. The largest absolute Gasteiger partial charge is 0.466 e. The Hall–Kier alpha value is -1.89. The van der Waals surface area contributed by atoms with Crippen molar-refractivity contribution in [2.24, 2.45) is 34.5 Å². The lowest BCUT2D eigenvalue weighted by Gasteiger charge is -2.46. The van der Waals surface area contributed by atoms with Crippen LogP contribution in [0.25, 0.3) is 0 Å². The number of rotatable bonds is 5. The summed E-state index contributed by atoms with van der Waals surface area (Å²) in [7, 11) is 1.27. The molecule has 0 aromatic heterocycles. The molecule has 0 bridgehead atoms. The summed E-state index contributed by atoms with van der Waals surface area (Å²) in [6.07, 6.45) is 3.18. The van der Waals surface area contributed by atoms with Crippen molar-refractivity contribution in [1.82, 2.24) is 0 Å². The highest BCUT2D eigenvalue weighted by molar-refractivity contribution is 5.79. The summed E-state index contributed by atoms with van der Waals surface area (Å²) in [5.41, 5.74) is 1.04. The van der Waals surface area contributed by atoms with Crippen LogP contribution in [0.2, 0.25) is 0 Å². The zero-order valence-corrected chi connectivity index (χ0v) is 20.3. The second-order valence-corrected chi connectivity index (χ2v) is 10.7. The first-order valence-corrected chi connectivity index (χ1v) is 11.6. The van der Waals surface area contributed by atoms with Crippen LogP contribution in [0.4, 0.5) is 0 Å². The summed E-state index contributed by atoms with van der Waals surface area (Å²) in [6, 6.07) is 0. The third-order valence-corrected chi connectivity index (χ3v) is 8.24. The Kier molecular flexibility index (Phi) is 7.08. The average molecular weight is 451 g/mol. The van der Waals surface area contributed by atoms with Gasteiger partial charge in [-0.25, -0.2) is 4.79 Å². The quantitative estimate of drug-likeness (QED) is 0.355.